The molecule has 7 nitrogen and oxygen atoms in total. The molecule has 0 amide bonds. The van der Waals surface area contributed by atoms with Crippen molar-refractivity contribution in [2.24, 2.45) is 0 Å². The molecular weight excluding hydrogens is 311 g/mol. The Labute approximate surface area is 143 Å². The van der Waals surface area contributed by atoms with Gasteiger partial charge < -0.3 is 19.4 Å². The summed E-state index contributed by atoms with van der Waals surface area (Å²) in [7, 11) is -0.717. The lowest BCUT2D eigenvalue weighted by Crippen LogP contribution is -2.41. The molecule has 1 aromatic rings. The number of hydrogen-bond donors (Lipinski definition) is 1. The van der Waals surface area contributed by atoms with E-state index >= 15 is 0 Å². The Bertz CT molecular complexity index is 617. The Morgan fingerprint density at radius 2 is 1.79 bits per heavy atom. The zero-order chi connectivity index (χ0) is 18.1. The van der Waals surface area contributed by atoms with Gasteiger partial charge in [-0.05, 0) is 41.5 Å². The van der Waals surface area contributed by atoms with Crippen LogP contribution in [0, 0.1) is 10.1 Å². The molecule has 0 atom stereocenters. The number of hydrogen-bond acceptors (Lipinski definition) is 6. The van der Waals surface area contributed by atoms with Crippen LogP contribution in [0.25, 0.3) is 0 Å². The third kappa shape index (κ3) is 3.34. The van der Waals surface area contributed by atoms with Crippen molar-refractivity contribution in [1.29, 1.82) is 0 Å². The molecule has 24 heavy (non-hydrogen) atoms. The van der Waals surface area contributed by atoms with Crippen LogP contribution in [0.4, 0.5) is 11.4 Å². The molecule has 2 rings (SSSR count). The molecule has 1 aliphatic heterocycles. The Kier molecular flexibility index (Phi) is 5.10. The molecule has 0 saturated carbocycles. The van der Waals surface area contributed by atoms with E-state index in [2.05, 4.69) is 5.32 Å². The smallest absolute Gasteiger partial charge is 0.494 e. The summed E-state index contributed by atoms with van der Waals surface area (Å²) in [6.07, 6.45) is 0. The number of nitro benzene ring substituents is 1. The molecule has 0 aromatic heterocycles. The van der Waals surface area contributed by atoms with Crippen LogP contribution in [-0.2, 0) is 9.31 Å². The van der Waals surface area contributed by atoms with E-state index in [1.165, 1.54) is 6.07 Å². The van der Waals surface area contributed by atoms with Crippen molar-refractivity contribution in [3.05, 3.63) is 22.2 Å². The van der Waals surface area contributed by atoms with Gasteiger partial charge in [0.1, 0.15) is 11.4 Å². The standard InChI is InChI=1S/C16H25BN2O5/c1-7-18-12-10-14(22-8-2)11(9-13(12)19(20)21)17-23-15(3,4)16(5,6)24-17/h9-10,18H,7-8H2,1-6H3. The van der Waals surface area contributed by atoms with Gasteiger partial charge in [-0.3, -0.25) is 10.1 Å². The summed E-state index contributed by atoms with van der Waals surface area (Å²) >= 11 is 0. The highest BCUT2D eigenvalue weighted by atomic mass is 16.7. The number of nitrogens with one attached hydrogen (secondary N) is 1. The number of benzene rings is 1. The van der Waals surface area contributed by atoms with Gasteiger partial charge in [-0.15, -0.1) is 0 Å². The van der Waals surface area contributed by atoms with Crippen LogP contribution in [0.15, 0.2) is 12.1 Å². The molecule has 1 fully saturated rings. The first-order chi connectivity index (χ1) is 11.1. The maximum atomic E-state index is 11.4. The Morgan fingerprint density at radius 1 is 1.21 bits per heavy atom. The summed E-state index contributed by atoms with van der Waals surface area (Å²) in [6.45, 7) is 12.5. The molecule has 1 aliphatic rings. The second kappa shape index (κ2) is 6.60. The van der Waals surface area contributed by atoms with Gasteiger partial charge >= 0.3 is 7.12 Å². The zero-order valence-electron chi connectivity index (χ0n) is 15.1. The SMILES string of the molecule is CCNc1cc(OCC)c(B2OC(C)(C)C(C)(C)O2)cc1[N+](=O)[O-]. The molecule has 132 valence electrons. The minimum absolute atomic E-state index is 0.0231. The van der Waals surface area contributed by atoms with Gasteiger partial charge in [0.15, 0.2) is 0 Å². The molecule has 0 radical (unpaired) electrons. The summed E-state index contributed by atoms with van der Waals surface area (Å²) in [5, 5.41) is 14.4. The van der Waals surface area contributed by atoms with Gasteiger partial charge in [0.05, 0.1) is 22.7 Å². The summed E-state index contributed by atoms with van der Waals surface area (Å²) in [4.78, 5) is 11.0. The lowest BCUT2D eigenvalue weighted by Gasteiger charge is -2.32. The van der Waals surface area contributed by atoms with Crippen LogP contribution in [0.2, 0.25) is 0 Å². The summed E-state index contributed by atoms with van der Waals surface area (Å²) in [5.41, 5.74) is -0.132. The molecule has 1 saturated heterocycles. The van der Waals surface area contributed by atoms with Crippen LogP contribution in [-0.4, -0.2) is 36.4 Å². The molecule has 1 aromatic carbocycles. The first kappa shape index (κ1) is 18.5. The highest BCUT2D eigenvalue weighted by Gasteiger charge is 2.53. The molecule has 1 N–H and O–H groups in total. The predicted molar refractivity (Wildman–Crippen MR) is 94.1 cm³/mol. The first-order valence-electron chi connectivity index (χ1n) is 8.17. The molecule has 8 heteroatoms. The molecular formula is C16H25BN2O5. The van der Waals surface area contributed by atoms with E-state index in [-0.39, 0.29) is 5.69 Å². The van der Waals surface area contributed by atoms with Crippen molar-refractivity contribution < 1.29 is 19.0 Å². The average Bonchev–Trinajstić information content (AvgIpc) is 2.67. The van der Waals surface area contributed by atoms with Crippen molar-refractivity contribution >= 4 is 24.0 Å². The van der Waals surface area contributed by atoms with Crippen LogP contribution in [0.5, 0.6) is 5.75 Å². The fraction of sp³-hybridized carbons (Fsp3) is 0.625. The highest BCUT2D eigenvalue weighted by Crippen LogP contribution is 2.38. The van der Waals surface area contributed by atoms with E-state index in [0.717, 1.165) is 0 Å². The fourth-order valence-electron chi connectivity index (χ4n) is 2.50. The van der Waals surface area contributed by atoms with E-state index < -0.39 is 23.2 Å². The van der Waals surface area contributed by atoms with Crippen LogP contribution in [0.3, 0.4) is 0 Å². The monoisotopic (exact) mass is 336 g/mol. The number of ether oxygens (including phenoxy) is 1. The predicted octanol–water partition coefficient (Wildman–Crippen LogP) is 2.72. The molecule has 0 unspecified atom stereocenters. The first-order valence-corrected chi connectivity index (χ1v) is 8.17. The fourth-order valence-corrected chi connectivity index (χ4v) is 2.50. The van der Waals surface area contributed by atoms with E-state index in [4.69, 9.17) is 14.0 Å². The lowest BCUT2D eigenvalue weighted by atomic mass is 9.77. The molecule has 0 spiro atoms. The van der Waals surface area contributed by atoms with Gasteiger partial charge in [-0.2, -0.15) is 0 Å². The second-order valence-electron chi connectivity index (χ2n) is 6.72. The van der Waals surface area contributed by atoms with E-state index in [1.807, 2.05) is 41.5 Å². The average molecular weight is 336 g/mol. The van der Waals surface area contributed by atoms with E-state index in [9.17, 15) is 10.1 Å². The summed E-state index contributed by atoms with van der Waals surface area (Å²) in [6, 6.07) is 3.12. The maximum absolute atomic E-state index is 11.4. The summed E-state index contributed by atoms with van der Waals surface area (Å²) < 4.78 is 17.7. The minimum atomic E-state index is -0.717. The number of anilines is 1. The zero-order valence-corrected chi connectivity index (χ0v) is 15.1. The van der Waals surface area contributed by atoms with Gasteiger partial charge in [-0.1, -0.05) is 0 Å². The van der Waals surface area contributed by atoms with Crippen molar-refractivity contribution in [3.63, 3.8) is 0 Å². The molecule has 0 aliphatic carbocycles. The molecule has 0 bridgehead atoms. The maximum Gasteiger partial charge on any atom is 0.498 e. The Hall–Kier alpha value is -1.80. The number of rotatable bonds is 6. The quantitative estimate of drug-likeness (QED) is 0.489. The minimum Gasteiger partial charge on any atom is -0.494 e. The van der Waals surface area contributed by atoms with Crippen LogP contribution >= 0.6 is 0 Å². The number of nitrogens with zero attached hydrogens (tertiary/aromatic N) is 1. The number of nitro groups is 1. The lowest BCUT2D eigenvalue weighted by molar-refractivity contribution is -0.383. The van der Waals surface area contributed by atoms with Crippen LogP contribution < -0.4 is 15.5 Å². The third-order valence-corrected chi connectivity index (χ3v) is 4.50. The Balaban J connectivity index is 2.52. The summed E-state index contributed by atoms with van der Waals surface area (Å²) in [5.74, 6) is 0.526. The van der Waals surface area contributed by atoms with E-state index in [1.54, 1.807) is 6.07 Å². The highest BCUT2D eigenvalue weighted by molar-refractivity contribution is 6.63. The van der Waals surface area contributed by atoms with Crippen molar-refractivity contribution in [2.75, 3.05) is 18.5 Å². The van der Waals surface area contributed by atoms with Gasteiger partial charge in [0.25, 0.3) is 5.69 Å². The second-order valence-corrected chi connectivity index (χ2v) is 6.72. The van der Waals surface area contributed by atoms with Gasteiger partial charge in [-0.25, -0.2) is 0 Å². The normalized spacial score (nSPS) is 18.5. The Morgan fingerprint density at radius 3 is 2.25 bits per heavy atom. The van der Waals surface area contributed by atoms with Crippen molar-refractivity contribution in [3.8, 4) is 5.75 Å². The van der Waals surface area contributed by atoms with Crippen molar-refractivity contribution in [1.82, 2.24) is 0 Å². The van der Waals surface area contributed by atoms with Gasteiger partial charge in [0.2, 0.25) is 0 Å². The van der Waals surface area contributed by atoms with Crippen molar-refractivity contribution in [2.45, 2.75) is 52.7 Å². The van der Waals surface area contributed by atoms with Crippen LogP contribution in [0.1, 0.15) is 41.5 Å². The molecule has 1 heterocycles. The largest absolute Gasteiger partial charge is 0.498 e. The third-order valence-electron chi connectivity index (χ3n) is 4.50. The van der Waals surface area contributed by atoms with Gasteiger partial charge in [0, 0.05) is 24.1 Å². The van der Waals surface area contributed by atoms with E-state index in [0.29, 0.717) is 30.1 Å². The topological polar surface area (TPSA) is 82.9 Å².